The Kier molecular flexibility index (Phi) is 4.95. The van der Waals surface area contributed by atoms with E-state index in [0.717, 1.165) is 5.56 Å². The van der Waals surface area contributed by atoms with Gasteiger partial charge in [0.15, 0.2) is 0 Å². The van der Waals surface area contributed by atoms with Gasteiger partial charge in [0.2, 0.25) is 5.91 Å². The first-order valence-electron chi connectivity index (χ1n) is 6.38. The molecule has 1 amide bonds. The Morgan fingerprint density at radius 1 is 1.05 bits per heavy atom. The number of hydrogen-bond acceptors (Lipinski definition) is 2. The number of carboxylic acids is 1. The van der Waals surface area contributed by atoms with Gasteiger partial charge in [-0.3, -0.25) is 9.59 Å². The number of carboxylic acid groups (broad SMARTS) is 1. The van der Waals surface area contributed by atoms with Crippen LogP contribution in [-0.4, -0.2) is 23.5 Å². The summed E-state index contributed by atoms with van der Waals surface area (Å²) in [5.74, 6) is -1.34. The van der Waals surface area contributed by atoms with Gasteiger partial charge >= 0.3 is 5.97 Å². The van der Waals surface area contributed by atoms with Gasteiger partial charge in [0.1, 0.15) is 6.54 Å². The van der Waals surface area contributed by atoms with Crippen LogP contribution in [0, 0.1) is 0 Å². The van der Waals surface area contributed by atoms with Crippen LogP contribution in [0.25, 0.3) is 0 Å². The quantitative estimate of drug-likeness (QED) is 0.924. The molecule has 0 aliphatic rings. The molecule has 0 heterocycles. The Balaban J connectivity index is 2.20. The van der Waals surface area contributed by atoms with Crippen LogP contribution >= 0.6 is 11.6 Å². The molecule has 4 nitrogen and oxygen atoms in total. The number of nitrogens with zero attached hydrogens (tertiary/aromatic N) is 1. The Bertz CT molecular complexity index is 643. The predicted molar refractivity (Wildman–Crippen MR) is 81.6 cm³/mol. The number of anilines is 1. The van der Waals surface area contributed by atoms with E-state index < -0.39 is 5.97 Å². The number of halogens is 1. The SMILES string of the molecule is O=C(O)CN(C(=O)Cc1cccc(Cl)c1)c1ccccc1. The zero-order chi connectivity index (χ0) is 15.2. The van der Waals surface area contributed by atoms with E-state index in [1.807, 2.05) is 6.07 Å². The summed E-state index contributed by atoms with van der Waals surface area (Å²) in [6.45, 7) is -0.372. The third kappa shape index (κ3) is 4.33. The van der Waals surface area contributed by atoms with Gasteiger partial charge in [0.05, 0.1) is 6.42 Å². The minimum Gasteiger partial charge on any atom is -0.480 e. The van der Waals surface area contributed by atoms with Crippen LogP contribution in [0.15, 0.2) is 54.6 Å². The maximum absolute atomic E-state index is 12.4. The molecular weight excluding hydrogens is 290 g/mol. The number of para-hydroxylation sites is 1. The number of aliphatic carboxylic acids is 1. The first-order chi connectivity index (χ1) is 10.1. The number of amides is 1. The molecule has 0 atom stereocenters. The first kappa shape index (κ1) is 15.1. The van der Waals surface area contributed by atoms with Crippen molar-refractivity contribution in [1.82, 2.24) is 0 Å². The van der Waals surface area contributed by atoms with Crippen molar-refractivity contribution >= 4 is 29.2 Å². The standard InChI is InChI=1S/C16H14ClNO3/c17-13-6-4-5-12(9-13)10-15(19)18(11-16(20)21)14-7-2-1-3-8-14/h1-9H,10-11H2,(H,20,21). The first-order valence-corrected chi connectivity index (χ1v) is 6.75. The predicted octanol–water partition coefficient (Wildman–Crippen LogP) is 3.00. The molecule has 108 valence electrons. The molecule has 2 aromatic rings. The van der Waals surface area contributed by atoms with E-state index in [0.29, 0.717) is 10.7 Å². The second-order valence-electron chi connectivity index (χ2n) is 4.52. The van der Waals surface area contributed by atoms with Gasteiger partial charge in [-0.05, 0) is 29.8 Å². The van der Waals surface area contributed by atoms with Crippen molar-refractivity contribution in [3.8, 4) is 0 Å². The Labute approximate surface area is 127 Å². The summed E-state index contributed by atoms with van der Waals surface area (Å²) in [7, 11) is 0. The summed E-state index contributed by atoms with van der Waals surface area (Å²) in [6.07, 6.45) is 0.0999. The van der Waals surface area contributed by atoms with Gasteiger partial charge in [-0.25, -0.2) is 0 Å². The van der Waals surface area contributed by atoms with Crippen molar-refractivity contribution in [3.05, 3.63) is 65.2 Å². The molecule has 21 heavy (non-hydrogen) atoms. The second kappa shape index (κ2) is 6.90. The smallest absolute Gasteiger partial charge is 0.323 e. The molecule has 0 radical (unpaired) electrons. The van der Waals surface area contributed by atoms with E-state index in [4.69, 9.17) is 16.7 Å². The zero-order valence-electron chi connectivity index (χ0n) is 11.2. The molecule has 1 N–H and O–H groups in total. The lowest BCUT2D eigenvalue weighted by Gasteiger charge is -2.21. The van der Waals surface area contributed by atoms with Crippen LogP contribution < -0.4 is 4.90 Å². The number of carbonyl (C=O) groups is 2. The highest BCUT2D eigenvalue weighted by atomic mass is 35.5. The van der Waals surface area contributed by atoms with Gasteiger partial charge in [-0.2, -0.15) is 0 Å². The highest BCUT2D eigenvalue weighted by Crippen LogP contribution is 2.16. The summed E-state index contributed by atoms with van der Waals surface area (Å²) in [4.78, 5) is 24.6. The second-order valence-corrected chi connectivity index (χ2v) is 4.95. The van der Waals surface area contributed by atoms with E-state index in [2.05, 4.69) is 0 Å². The molecule has 0 saturated heterocycles. The molecule has 2 aromatic carbocycles. The number of rotatable bonds is 5. The normalized spacial score (nSPS) is 10.1. The average Bonchev–Trinajstić information content (AvgIpc) is 2.45. The van der Waals surface area contributed by atoms with Crippen LogP contribution in [0.2, 0.25) is 5.02 Å². The van der Waals surface area contributed by atoms with Crippen molar-refractivity contribution < 1.29 is 14.7 Å². The van der Waals surface area contributed by atoms with Crippen molar-refractivity contribution in [2.75, 3.05) is 11.4 Å². The number of benzene rings is 2. The third-order valence-corrected chi connectivity index (χ3v) is 3.14. The van der Waals surface area contributed by atoms with Gasteiger partial charge in [0.25, 0.3) is 0 Å². The van der Waals surface area contributed by atoms with E-state index in [-0.39, 0.29) is 18.9 Å². The fraction of sp³-hybridized carbons (Fsp3) is 0.125. The van der Waals surface area contributed by atoms with Gasteiger partial charge in [-0.1, -0.05) is 41.9 Å². The topological polar surface area (TPSA) is 57.6 Å². The van der Waals surface area contributed by atoms with Crippen LogP contribution in [0.1, 0.15) is 5.56 Å². The van der Waals surface area contributed by atoms with Crippen LogP contribution in [0.5, 0.6) is 0 Å². The van der Waals surface area contributed by atoms with Gasteiger partial charge < -0.3 is 10.0 Å². The molecule has 0 saturated carbocycles. The van der Waals surface area contributed by atoms with Gasteiger partial charge in [-0.15, -0.1) is 0 Å². The number of hydrogen-bond donors (Lipinski definition) is 1. The van der Waals surface area contributed by atoms with E-state index in [1.165, 1.54) is 4.90 Å². The highest BCUT2D eigenvalue weighted by Gasteiger charge is 2.18. The van der Waals surface area contributed by atoms with Crippen molar-refractivity contribution in [3.63, 3.8) is 0 Å². The minimum atomic E-state index is -1.06. The molecule has 0 fully saturated rings. The number of carbonyl (C=O) groups excluding carboxylic acids is 1. The molecule has 0 aliphatic carbocycles. The third-order valence-electron chi connectivity index (χ3n) is 2.91. The monoisotopic (exact) mass is 303 g/mol. The molecular formula is C16H14ClNO3. The fourth-order valence-electron chi connectivity index (χ4n) is 1.98. The highest BCUT2D eigenvalue weighted by molar-refractivity contribution is 6.30. The molecule has 0 bridgehead atoms. The lowest BCUT2D eigenvalue weighted by molar-refractivity contribution is -0.136. The molecule has 2 rings (SSSR count). The average molecular weight is 304 g/mol. The summed E-state index contributed by atoms with van der Waals surface area (Å²) in [6, 6.07) is 15.7. The zero-order valence-corrected chi connectivity index (χ0v) is 12.0. The molecule has 0 aliphatic heterocycles. The fourth-order valence-corrected chi connectivity index (χ4v) is 2.20. The summed E-state index contributed by atoms with van der Waals surface area (Å²) >= 11 is 5.89. The summed E-state index contributed by atoms with van der Waals surface area (Å²) in [5.41, 5.74) is 1.31. The minimum absolute atomic E-state index is 0.0999. The lowest BCUT2D eigenvalue weighted by atomic mass is 10.1. The van der Waals surface area contributed by atoms with Crippen LogP contribution in [0.3, 0.4) is 0 Å². The summed E-state index contributed by atoms with van der Waals surface area (Å²) < 4.78 is 0. The molecule has 0 aromatic heterocycles. The van der Waals surface area contributed by atoms with E-state index >= 15 is 0 Å². The molecule has 0 unspecified atom stereocenters. The maximum Gasteiger partial charge on any atom is 0.323 e. The Morgan fingerprint density at radius 3 is 2.38 bits per heavy atom. The Hall–Kier alpha value is -2.33. The molecule has 0 spiro atoms. The van der Waals surface area contributed by atoms with E-state index in [1.54, 1.807) is 48.5 Å². The van der Waals surface area contributed by atoms with Crippen molar-refractivity contribution in [2.24, 2.45) is 0 Å². The largest absolute Gasteiger partial charge is 0.480 e. The van der Waals surface area contributed by atoms with Gasteiger partial charge in [0, 0.05) is 10.7 Å². The van der Waals surface area contributed by atoms with Crippen LogP contribution in [0.4, 0.5) is 5.69 Å². The lowest BCUT2D eigenvalue weighted by Crippen LogP contribution is -2.36. The van der Waals surface area contributed by atoms with Crippen molar-refractivity contribution in [1.29, 1.82) is 0 Å². The Morgan fingerprint density at radius 2 is 1.76 bits per heavy atom. The van der Waals surface area contributed by atoms with E-state index in [9.17, 15) is 9.59 Å². The summed E-state index contributed by atoms with van der Waals surface area (Å²) in [5, 5.41) is 9.54. The maximum atomic E-state index is 12.4. The molecule has 5 heteroatoms. The van der Waals surface area contributed by atoms with Crippen molar-refractivity contribution in [2.45, 2.75) is 6.42 Å². The van der Waals surface area contributed by atoms with Crippen LogP contribution in [-0.2, 0) is 16.0 Å².